The van der Waals surface area contributed by atoms with Gasteiger partial charge in [-0.25, -0.2) is 0 Å². The number of rotatable bonds is 4. The smallest absolute Gasteiger partial charge is 0.259 e. The molecule has 0 bridgehead atoms. The molecular weight excluding hydrogens is 266 g/mol. The second-order valence-corrected chi connectivity index (χ2v) is 5.00. The number of nitrogens with zero attached hydrogens (tertiary/aromatic N) is 2. The number of aromatic nitrogens is 2. The molecule has 1 aromatic carbocycles. The standard InChI is InChI=1S/C13H16ClN3O2/c1-7(2)11(18-3)12-16-13(19-17-12)9-5-4-8(15)6-10(9)14/h4-7,11H,15H2,1-3H3. The molecule has 1 unspecified atom stereocenters. The number of hydrogen-bond acceptors (Lipinski definition) is 5. The number of nitrogens with two attached hydrogens (primary N) is 1. The van der Waals surface area contributed by atoms with E-state index in [2.05, 4.69) is 10.1 Å². The summed E-state index contributed by atoms with van der Waals surface area (Å²) in [6.45, 7) is 4.06. The van der Waals surface area contributed by atoms with Crippen LogP contribution in [0.15, 0.2) is 22.7 Å². The van der Waals surface area contributed by atoms with Gasteiger partial charge < -0.3 is 15.0 Å². The molecule has 2 aromatic rings. The number of ether oxygens (including phenoxy) is 1. The topological polar surface area (TPSA) is 74.2 Å². The highest BCUT2D eigenvalue weighted by Crippen LogP contribution is 2.30. The van der Waals surface area contributed by atoms with E-state index in [9.17, 15) is 0 Å². The van der Waals surface area contributed by atoms with Gasteiger partial charge in [-0.15, -0.1) is 0 Å². The Morgan fingerprint density at radius 2 is 2.11 bits per heavy atom. The summed E-state index contributed by atoms with van der Waals surface area (Å²) in [6, 6.07) is 5.14. The Bertz CT molecular complexity index is 569. The number of hydrogen-bond donors (Lipinski definition) is 1. The minimum Gasteiger partial charge on any atom is -0.399 e. The number of anilines is 1. The van der Waals surface area contributed by atoms with Crippen LogP contribution in [0, 0.1) is 5.92 Å². The maximum Gasteiger partial charge on any atom is 0.259 e. The maximum absolute atomic E-state index is 6.11. The molecular formula is C13H16ClN3O2. The molecule has 1 aromatic heterocycles. The molecule has 0 aliphatic heterocycles. The lowest BCUT2D eigenvalue weighted by atomic mass is 10.1. The molecule has 0 aliphatic carbocycles. The van der Waals surface area contributed by atoms with Gasteiger partial charge in [-0.2, -0.15) is 4.98 Å². The third-order valence-electron chi connectivity index (χ3n) is 2.78. The van der Waals surface area contributed by atoms with Gasteiger partial charge in [0.1, 0.15) is 6.10 Å². The van der Waals surface area contributed by atoms with Crippen molar-refractivity contribution in [3.05, 3.63) is 29.0 Å². The summed E-state index contributed by atoms with van der Waals surface area (Å²) in [5.41, 5.74) is 6.90. The van der Waals surface area contributed by atoms with Crippen molar-refractivity contribution < 1.29 is 9.26 Å². The summed E-state index contributed by atoms with van der Waals surface area (Å²) >= 11 is 6.11. The van der Waals surface area contributed by atoms with Crippen LogP contribution < -0.4 is 5.73 Å². The molecule has 0 fully saturated rings. The van der Waals surface area contributed by atoms with Crippen molar-refractivity contribution in [2.45, 2.75) is 20.0 Å². The largest absolute Gasteiger partial charge is 0.399 e. The summed E-state index contributed by atoms with van der Waals surface area (Å²) in [7, 11) is 1.62. The summed E-state index contributed by atoms with van der Waals surface area (Å²) in [6.07, 6.45) is -0.204. The Morgan fingerprint density at radius 3 is 2.68 bits per heavy atom. The minimum absolute atomic E-state index is 0.204. The first-order chi connectivity index (χ1) is 9.02. The third kappa shape index (κ3) is 2.88. The quantitative estimate of drug-likeness (QED) is 0.870. The van der Waals surface area contributed by atoms with Crippen molar-refractivity contribution in [3.8, 4) is 11.5 Å². The molecule has 5 nitrogen and oxygen atoms in total. The van der Waals surface area contributed by atoms with Crippen LogP contribution in [0.5, 0.6) is 0 Å². The monoisotopic (exact) mass is 281 g/mol. The lowest BCUT2D eigenvalue weighted by molar-refractivity contribution is 0.0556. The van der Waals surface area contributed by atoms with Crippen LogP contribution in [-0.4, -0.2) is 17.3 Å². The number of halogens is 1. The fourth-order valence-electron chi connectivity index (χ4n) is 1.84. The zero-order chi connectivity index (χ0) is 14.0. The van der Waals surface area contributed by atoms with Gasteiger partial charge in [-0.05, 0) is 24.1 Å². The van der Waals surface area contributed by atoms with E-state index in [-0.39, 0.29) is 12.0 Å². The van der Waals surface area contributed by atoms with Gasteiger partial charge in [0.15, 0.2) is 0 Å². The molecule has 6 heteroatoms. The van der Waals surface area contributed by atoms with Crippen LogP contribution in [0.25, 0.3) is 11.5 Å². The average Bonchev–Trinajstić information content (AvgIpc) is 2.78. The molecule has 102 valence electrons. The lowest BCUT2D eigenvalue weighted by Gasteiger charge is -2.14. The first-order valence-electron chi connectivity index (χ1n) is 5.94. The van der Waals surface area contributed by atoms with E-state index in [1.54, 1.807) is 25.3 Å². The van der Waals surface area contributed by atoms with Crippen LogP contribution in [0.4, 0.5) is 5.69 Å². The Hall–Kier alpha value is -1.59. The van der Waals surface area contributed by atoms with Gasteiger partial charge >= 0.3 is 0 Å². The van der Waals surface area contributed by atoms with Crippen LogP contribution in [0.3, 0.4) is 0 Å². The average molecular weight is 282 g/mol. The van der Waals surface area contributed by atoms with E-state index in [0.717, 1.165) is 0 Å². The summed E-state index contributed by atoms with van der Waals surface area (Å²) in [5.74, 6) is 1.13. The molecule has 0 saturated carbocycles. The molecule has 0 amide bonds. The van der Waals surface area contributed by atoms with E-state index < -0.39 is 0 Å². The molecule has 1 heterocycles. The van der Waals surface area contributed by atoms with Gasteiger partial charge in [0.05, 0.1) is 10.6 Å². The van der Waals surface area contributed by atoms with E-state index in [0.29, 0.717) is 28.0 Å². The van der Waals surface area contributed by atoms with Crippen LogP contribution >= 0.6 is 11.6 Å². The SMILES string of the molecule is COC(c1noc(-c2ccc(N)cc2Cl)n1)C(C)C. The van der Waals surface area contributed by atoms with Gasteiger partial charge in [0, 0.05) is 12.8 Å². The number of benzene rings is 1. The highest BCUT2D eigenvalue weighted by Gasteiger charge is 2.22. The first kappa shape index (κ1) is 13.8. The second kappa shape index (κ2) is 5.59. The van der Waals surface area contributed by atoms with Crippen LogP contribution in [0.1, 0.15) is 25.8 Å². The minimum atomic E-state index is -0.204. The van der Waals surface area contributed by atoms with E-state index in [1.807, 2.05) is 13.8 Å². The normalized spacial score (nSPS) is 12.9. The lowest BCUT2D eigenvalue weighted by Crippen LogP contribution is -2.10. The molecule has 2 rings (SSSR count). The van der Waals surface area contributed by atoms with Crippen LogP contribution in [0.2, 0.25) is 5.02 Å². The Kier molecular flexibility index (Phi) is 4.07. The van der Waals surface area contributed by atoms with Crippen molar-refractivity contribution in [1.29, 1.82) is 0 Å². The maximum atomic E-state index is 6.11. The fourth-order valence-corrected chi connectivity index (χ4v) is 2.11. The zero-order valence-corrected chi connectivity index (χ0v) is 11.8. The van der Waals surface area contributed by atoms with Crippen molar-refractivity contribution in [2.24, 2.45) is 5.92 Å². The molecule has 19 heavy (non-hydrogen) atoms. The Balaban J connectivity index is 2.35. The van der Waals surface area contributed by atoms with E-state index in [4.69, 9.17) is 26.6 Å². The molecule has 0 spiro atoms. The van der Waals surface area contributed by atoms with Crippen molar-refractivity contribution >= 4 is 17.3 Å². The molecule has 1 atom stereocenters. The fraction of sp³-hybridized carbons (Fsp3) is 0.385. The number of nitrogen functional groups attached to an aromatic ring is 1. The van der Waals surface area contributed by atoms with Gasteiger partial charge in [0.2, 0.25) is 5.82 Å². The number of methoxy groups -OCH3 is 1. The van der Waals surface area contributed by atoms with Gasteiger partial charge in [-0.3, -0.25) is 0 Å². The van der Waals surface area contributed by atoms with E-state index >= 15 is 0 Å². The van der Waals surface area contributed by atoms with Crippen molar-refractivity contribution in [2.75, 3.05) is 12.8 Å². The van der Waals surface area contributed by atoms with Crippen LogP contribution in [-0.2, 0) is 4.74 Å². The zero-order valence-electron chi connectivity index (χ0n) is 11.1. The molecule has 0 aliphatic rings. The molecule has 0 radical (unpaired) electrons. The summed E-state index contributed by atoms with van der Waals surface area (Å²) in [5, 5.41) is 4.43. The first-order valence-corrected chi connectivity index (χ1v) is 6.32. The van der Waals surface area contributed by atoms with Crippen molar-refractivity contribution in [3.63, 3.8) is 0 Å². The molecule has 2 N–H and O–H groups in total. The Labute approximate surface area is 116 Å². The highest BCUT2D eigenvalue weighted by molar-refractivity contribution is 6.33. The van der Waals surface area contributed by atoms with Gasteiger partial charge in [-0.1, -0.05) is 30.6 Å². The van der Waals surface area contributed by atoms with E-state index in [1.165, 1.54) is 0 Å². The van der Waals surface area contributed by atoms with Gasteiger partial charge in [0.25, 0.3) is 5.89 Å². The van der Waals surface area contributed by atoms with Crippen molar-refractivity contribution in [1.82, 2.24) is 10.1 Å². The highest BCUT2D eigenvalue weighted by atomic mass is 35.5. The third-order valence-corrected chi connectivity index (χ3v) is 3.09. The summed E-state index contributed by atoms with van der Waals surface area (Å²) in [4.78, 5) is 4.34. The Morgan fingerprint density at radius 1 is 1.37 bits per heavy atom. The summed E-state index contributed by atoms with van der Waals surface area (Å²) < 4.78 is 10.6. The second-order valence-electron chi connectivity index (χ2n) is 4.60. The predicted molar refractivity (Wildman–Crippen MR) is 73.7 cm³/mol. The predicted octanol–water partition coefficient (Wildman–Crippen LogP) is 3.32. The molecule has 0 saturated heterocycles.